The van der Waals surface area contributed by atoms with Gasteiger partial charge in [0, 0.05) is 29.9 Å². The lowest BCUT2D eigenvalue weighted by atomic mass is 9.62. The number of benzene rings is 4. The molecule has 4 atom stereocenters. The Morgan fingerprint density at radius 1 is 0.804 bits per heavy atom. The molecule has 4 aromatic rings. The number of nitrogens with one attached hydrogen (secondary N) is 1. The Labute approximate surface area is 266 Å². The Morgan fingerprint density at radius 3 is 2.13 bits per heavy atom. The summed E-state index contributed by atoms with van der Waals surface area (Å²) in [5.41, 5.74) is 2.35. The number of amides is 1. The van der Waals surface area contributed by atoms with Gasteiger partial charge in [0.05, 0.1) is 18.1 Å². The second-order valence-corrected chi connectivity index (χ2v) is 12.1. The van der Waals surface area contributed by atoms with Crippen LogP contribution in [0.2, 0.25) is 0 Å². The topological polar surface area (TPSA) is 102 Å². The summed E-state index contributed by atoms with van der Waals surface area (Å²) in [6.07, 6.45) is 3.72. The fourth-order valence-electron chi connectivity index (χ4n) is 7.34. The van der Waals surface area contributed by atoms with E-state index in [4.69, 9.17) is 9.47 Å². The molecule has 8 heteroatoms. The lowest BCUT2D eigenvalue weighted by Crippen LogP contribution is -2.49. The van der Waals surface area contributed by atoms with Gasteiger partial charge in [0.25, 0.3) is 0 Å². The normalized spacial score (nSPS) is 22.2. The molecular formula is C38H32N2O6. The SMILES string of the molecule is CC(=O)Oc1ccc(C(=O)[C@@H]2[C@H](C(=O)c3ccc(OC(C)C)cc3)[C@]3(C(=O)Nc4ccccc43)[C@H]3c4ccccc4C=CN23)cc1. The van der Waals surface area contributed by atoms with Crippen molar-refractivity contribution in [3.05, 3.63) is 131 Å². The molecule has 1 spiro atoms. The van der Waals surface area contributed by atoms with Crippen LogP contribution in [0.1, 0.15) is 64.2 Å². The number of esters is 1. The molecule has 0 saturated carbocycles. The molecule has 4 aromatic carbocycles. The maximum atomic E-state index is 15.0. The highest BCUT2D eigenvalue weighted by molar-refractivity contribution is 6.16. The van der Waals surface area contributed by atoms with Crippen molar-refractivity contribution in [2.75, 3.05) is 5.32 Å². The summed E-state index contributed by atoms with van der Waals surface area (Å²) in [5.74, 6) is -1.63. The predicted molar refractivity (Wildman–Crippen MR) is 173 cm³/mol. The largest absolute Gasteiger partial charge is 0.491 e. The highest BCUT2D eigenvalue weighted by Crippen LogP contribution is 2.62. The summed E-state index contributed by atoms with van der Waals surface area (Å²) in [4.78, 5) is 57.7. The van der Waals surface area contributed by atoms with E-state index in [1.807, 2.05) is 79.6 Å². The van der Waals surface area contributed by atoms with Gasteiger partial charge >= 0.3 is 5.97 Å². The van der Waals surface area contributed by atoms with Gasteiger partial charge in [-0.25, -0.2) is 0 Å². The van der Waals surface area contributed by atoms with E-state index < -0.39 is 29.4 Å². The van der Waals surface area contributed by atoms with Crippen molar-refractivity contribution >= 4 is 35.2 Å². The van der Waals surface area contributed by atoms with Crippen LogP contribution in [0.3, 0.4) is 0 Å². The van der Waals surface area contributed by atoms with Crippen molar-refractivity contribution in [2.24, 2.45) is 5.92 Å². The fourth-order valence-corrected chi connectivity index (χ4v) is 7.34. The van der Waals surface area contributed by atoms with E-state index in [-0.39, 0.29) is 23.6 Å². The second-order valence-electron chi connectivity index (χ2n) is 12.1. The molecule has 0 bridgehead atoms. The molecule has 46 heavy (non-hydrogen) atoms. The van der Waals surface area contributed by atoms with Gasteiger partial charge in [0.1, 0.15) is 23.0 Å². The van der Waals surface area contributed by atoms with Crippen LogP contribution in [0.4, 0.5) is 5.69 Å². The van der Waals surface area contributed by atoms with Gasteiger partial charge in [-0.15, -0.1) is 0 Å². The number of rotatable bonds is 7. The Morgan fingerprint density at radius 2 is 1.43 bits per heavy atom. The number of para-hydroxylation sites is 1. The molecule has 0 aromatic heterocycles. The number of carbonyl (C=O) groups excluding carboxylic acids is 4. The van der Waals surface area contributed by atoms with Crippen LogP contribution >= 0.6 is 0 Å². The van der Waals surface area contributed by atoms with Crippen molar-refractivity contribution in [3.63, 3.8) is 0 Å². The Hall–Kier alpha value is -5.50. The average molecular weight is 613 g/mol. The van der Waals surface area contributed by atoms with Gasteiger partial charge < -0.3 is 19.7 Å². The Balaban J connectivity index is 1.44. The van der Waals surface area contributed by atoms with Crippen LogP contribution in [0.5, 0.6) is 11.5 Å². The number of hydrogen-bond acceptors (Lipinski definition) is 7. The first kappa shape index (κ1) is 29.2. The summed E-state index contributed by atoms with van der Waals surface area (Å²) in [6.45, 7) is 5.15. The van der Waals surface area contributed by atoms with Crippen LogP contribution < -0.4 is 14.8 Å². The molecular weight excluding hydrogens is 580 g/mol. The van der Waals surface area contributed by atoms with E-state index in [1.165, 1.54) is 6.92 Å². The molecule has 1 fully saturated rings. The van der Waals surface area contributed by atoms with Crippen molar-refractivity contribution < 1.29 is 28.7 Å². The summed E-state index contributed by atoms with van der Waals surface area (Å²) < 4.78 is 11.0. The fraction of sp³-hybridized carbons (Fsp3) is 0.211. The maximum absolute atomic E-state index is 15.0. The number of nitrogens with zero attached hydrogens (tertiary/aromatic N) is 1. The number of hydrogen-bond donors (Lipinski definition) is 1. The third-order valence-electron chi connectivity index (χ3n) is 9.03. The van der Waals surface area contributed by atoms with Gasteiger partial charge in [-0.1, -0.05) is 42.5 Å². The molecule has 0 radical (unpaired) electrons. The molecule has 1 N–H and O–H groups in total. The molecule has 7 rings (SSSR count). The monoisotopic (exact) mass is 612 g/mol. The Bertz CT molecular complexity index is 1910. The number of fused-ring (bicyclic) bond motifs is 6. The standard InChI is InChI=1S/C38H32N2O6/c1-22(2)45-27-16-12-25(13-17-27)34(42)32-33(35(43)26-14-18-28(19-15-26)46-23(3)41)40-21-20-24-8-4-5-9-29(24)36(40)38(32)30-10-6-7-11-31(30)39-37(38)44/h4-22,32-33,36H,1-3H3,(H,39,44)/t32-,33+,36-,38+/m1/s1. The highest BCUT2D eigenvalue weighted by Gasteiger charge is 2.70. The first-order chi connectivity index (χ1) is 22.2. The Kier molecular flexibility index (Phi) is 7.08. The van der Waals surface area contributed by atoms with Crippen LogP contribution in [0.25, 0.3) is 6.08 Å². The van der Waals surface area contributed by atoms with Crippen molar-refractivity contribution in [2.45, 2.75) is 44.4 Å². The molecule has 1 amide bonds. The van der Waals surface area contributed by atoms with E-state index in [9.17, 15) is 19.2 Å². The molecule has 3 aliphatic rings. The van der Waals surface area contributed by atoms with Gasteiger partial charge in [0.15, 0.2) is 11.6 Å². The minimum atomic E-state index is -1.43. The molecule has 0 aliphatic carbocycles. The lowest BCUT2D eigenvalue weighted by molar-refractivity contribution is -0.131. The number of carbonyl (C=O) groups is 4. The van der Waals surface area contributed by atoms with Crippen LogP contribution in [-0.2, 0) is 15.0 Å². The summed E-state index contributed by atoms with van der Waals surface area (Å²) >= 11 is 0. The molecule has 3 aliphatic heterocycles. The summed E-state index contributed by atoms with van der Waals surface area (Å²) in [7, 11) is 0. The number of ketones is 2. The number of anilines is 1. The van der Waals surface area contributed by atoms with Gasteiger partial charge in [0.2, 0.25) is 5.91 Å². The third-order valence-corrected chi connectivity index (χ3v) is 9.03. The summed E-state index contributed by atoms with van der Waals surface area (Å²) in [6, 6.07) is 26.7. The highest BCUT2D eigenvalue weighted by atomic mass is 16.5. The van der Waals surface area contributed by atoms with E-state index in [0.29, 0.717) is 33.9 Å². The first-order valence-electron chi connectivity index (χ1n) is 15.3. The van der Waals surface area contributed by atoms with Crippen LogP contribution in [-0.4, -0.2) is 40.5 Å². The quantitative estimate of drug-likeness (QED) is 0.147. The van der Waals surface area contributed by atoms with Gasteiger partial charge in [-0.2, -0.15) is 0 Å². The van der Waals surface area contributed by atoms with E-state index >= 15 is 0 Å². The van der Waals surface area contributed by atoms with Gasteiger partial charge in [-0.3, -0.25) is 19.2 Å². The minimum absolute atomic E-state index is 0.0460. The molecule has 8 nitrogen and oxygen atoms in total. The molecule has 1 saturated heterocycles. The zero-order valence-corrected chi connectivity index (χ0v) is 25.6. The van der Waals surface area contributed by atoms with Gasteiger partial charge in [-0.05, 0) is 91.2 Å². The van der Waals surface area contributed by atoms with E-state index in [0.717, 1.165) is 11.1 Å². The van der Waals surface area contributed by atoms with Crippen LogP contribution in [0.15, 0.2) is 103 Å². The van der Waals surface area contributed by atoms with Crippen molar-refractivity contribution in [3.8, 4) is 11.5 Å². The molecule has 230 valence electrons. The molecule has 3 heterocycles. The first-order valence-corrected chi connectivity index (χ1v) is 15.3. The van der Waals surface area contributed by atoms with E-state index in [1.54, 1.807) is 48.5 Å². The zero-order chi connectivity index (χ0) is 32.2. The second kappa shape index (κ2) is 11.1. The van der Waals surface area contributed by atoms with Crippen molar-refractivity contribution in [1.82, 2.24) is 4.90 Å². The minimum Gasteiger partial charge on any atom is -0.491 e. The maximum Gasteiger partial charge on any atom is 0.308 e. The zero-order valence-electron chi connectivity index (χ0n) is 25.6. The third kappa shape index (κ3) is 4.52. The smallest absolute Gasteiger partial charge is 0.308 e. The number of ether oxygens (including phenoxy) is 2. The summed E-state index contributed by atoms with van der Waals surface area (Å²) in [5, 5.41) is 3.06. The van der Waals surface area contributed by atoms with Crippen molar-refractivity contribution in [1.29, 1.82) is 0 Å². The predicted octanol–water partition coefficient (Wildman–Crippen LogP) is 6.38. The average Bonchev–Trinajstić information content (AvgIpc) is 3.52. The van der Waals surface area contributed by atoms with Crippen LogP contribution in [0, 0.1) is 5.92 Å². The molecule has 0 unspecified atom stereocenters. The lowest BCUT2D eigenvalue weighted by Gasteiger charge is -2.38. The number of Topliss-reactive ketones (excluding diaryl/α,β-unsaturated/α-hetero) is 2. The van der Waals surface area contributed by atoms with E-state index in [2.05, 4.69) is 5.32 Å².